The molecule has 0 radical (unpaired) electrons. The third-order valence-electron chi connectivity index (χ3n) is 11.0. The molecule has 0 aromatic rings. The van der Waals surface area contributed by atoms with Crippen molar-refractivity contribution in [1.29, 1.82) is 0 Å². The van der Waals surface area contributed by atoms with E-state index in [4.69, 9.17) is 4.74 Å². The van der Waals surface area contributed by atoms with Crippen LogP contribution in [0.15, 0.2) is 11.6 Å². The second-order valence-corrected chi connectivity index (χ2v) is 13.7. The van der Waals surface area contributed by atoms with Crippen molar-refractivity contribution in [1.82, 2.24) is 0 Å². The number of rotatable bonds is 7. The predicted molar refractivity (Wildman–Crippen MR) is 138 cm³/mol. The molecular weight excluding hydrogens is 404 g/mol. The lowest BCUT2D eigenvalue weighted by atomic mass is 9.47. The van der Waals surface area contributed by atoms with Crippen LogP contribution in [0.4, 0.5) is 0 Å². The van der Waals surface area contributed by atoms with Gasteiger partial charge < -0.3 is 4.74 Å². The van der Waals surface area contributed by atoms with Crippen LogP contribution in [0.3, 0.4) is 0 Å². The minimum atomic E-state index is -0.0258. The summed E-state index contributed by atoms with van der Waals surface area (Å²) in [4.78, 5) is 12.2. The van der Waals surface area contributed by atoms with Crippen molar-refractivity contribution in [3.05, 3.63) is 11.6 Å². The van der Waals surface area contributed by atoms with E-state index in [1.54, 1.807) is 5.57 Å². The van der Waals surface area contributed by atoms with Crippen molar-refractivity contribution < 1.29 is 9.53 Å². The number of carbonyl (C=O) groups is 1. The summed E-state index contributed by atoms with van der Waals surface area (Å²) in [6, 6.07) is 0. The van der Waals surface area contributed by atoms with Gasteiger partial charge in [-0.25, -0.2) is 0 Å². The summed E-state index contributed by atoms with van der Waals surface area (Å²) in [6.07, 6.45) is 17.2. The minimum Gasteiger partial charge on any atom is -0.462 e. The Kier molecular flexibility index (Phi) is 7.43. The van der Waals surface area contributed by atoms with E-state index in [9.17, 15) is 4.79 Å². The second-order valence-electron chi connectivity index (χ2n) is 13.7. The maximum absolute atomic E-state index is 12.2. The van der Waals surface area contributed by atoms with Crippen molar-refractivity contribution in [2.45, 2.75) is 125 Å². The molecule has 2 nitrogen and oxygen atoms in total. The molecule has 0 amide bonds. The van der Waals surface area contributed by atoms with Crippen LogP contribution >= 0.6 is 0 Å². The first-order chi connectivity index (χ1) is 15.6. The molecule has 3 saturated carbocycles. The van der Waals surface area contributed by atoms with Crippen LogP contribution in [0.1, 0.15) is 119 Å². The lowest BCUT2D eigenvalue weighted by Gasteiger charge is -2.58. The fourth-order valence-corrected chi connectivity index (χ4v) is 9.05. The average Bonchev–Trinajstić information content (AvgIpc) is 3.11. The van der Waals surface area contributed by atoms with E-state index in [-0.39, 0.29) is 18.0 Å². The highest BCUT2D eigenvalue weighted by Gasteiger charge is 2.59. The Hall–Kier alpha value is -0.790. The lowest BCUT2D eigenvalue weighted by Crippen LogP contribution is -2.51. The zero-order valence-electron chi connectivity index (χ0n) is 22.8. The van der Waals surface area contributed by atoms with E-state index < -0.39 is 0 Å². The van der Waals surface area contributed by atoms with Gasteiger partial charge >= 0.3 is 5.97 Å². The molecule has 4 aliphatic carbocycles. The quantitative estimate of drug-likeness (QED) is 0.283. The number of hydrogen-bond donors (Lipinski definition) is 0. The molecule has 8 atom stereocenters. The normalized spacial score (nSPS) is 41.2. The monoisotopic (exact) mass is 456 g/mol. The largest absolute Gasteiger partial charge is 0.462 e. The summed E-state index contributed by atoms with van der Waals surface area (Å²) in [7, 11) is 0. The zero-order valence-corrected chi connectivity index (χ0v) is 22.8. The van der Waals surface area contributed by atoms with Gasteiger partial charge in [-0.3, -0.25) is 4.79 Å². The molecule has 0 bridgehead atoms. The van der Waals surface area contributed by atoms with Crippen LogP contribution in [-0.4, -0.2) is 12.1 Å². The fraction of sp³-hybridized carbons (Fsp3) is 0.903. The summed E-state index contributed by atoms with van der Waals surface area (Å²) < 4.78 is 5.88. The number of allylic oxidation sites excluding steroid dienone is 1. The Morgan fingerprint density at radius 3 is 2.45 bits per heavy atom. The molecule has 0 spiro atoms. The molecule has 0 N–H and O–H groups in total. The van der Waals surface area contributed by atoms with Gasteiger partial charge in [0.1, 0.15) is 6.10 Å². The molecular formula is C31H52O2. The standard InChI is InChI=1S/C31H52O2/c1-20(2)9-8-10-22(5)26-13-14-27-25-12-11-23-19-24(33-29(32)21(3)4)15-17-30(23,6)28(25)16-18-31(26,27)7/h11,20-22,24-28H,8-10,12-19H2,1-7H3/t22-,24+,25+,26-,27+,28+,30+,31-/m1/s1. The van der Waals surface area contributed by atoms with Crippen LogP contribution in [0, 0.1) is 52.3 Å². The SMILES string of the molecule is CC(C)CCC[C@@H](C)[C@H]1CC[C@H]2[C@@H]3CC=C4C[C@@H](OC(=O)C(C)C)CC[C@]4(C)[C@H]3CC[C@]12C. The van der Waals surface area contributed by atoms with Crippen LogP contribution in [0.2, 0.25) is 0 Å². The molecule has 0 heterocycles. The lowest BCUT2D eigenvalue weighted by molar-refractivity contribution is -0.155. The highest BCUT2D eigenvalue weighted by Crippen LogP contribution is 2.67. The third-order valence-corrected chi connectivity index (χ3v) is 11.0. The Morgan fingerprint density at radius 1 is 1.00 bits per heavy atom. The van der Waals surface area contributed by atoms with E-state index in [1.807, 2.05) is 13.8 Å². The second kappa shape index (κ2) is 9.69. The summed E-state index contributed by atoms with van der Waals surface area (Å²) in [5, 5.41) is 0. The van der Waals surface area contributed by atoms with Gasteiger partial charge in [0.25, 0.3) is 0 Å². The van der Waals surface area contributed by atoms with E-state index in [0.717, 1.165) is 48.3 Å². The number of fused-ring (bicyclic) bond motifs is 5. The van der Waals surface area contributed by atoms with Gasteiger partial charge in [-0.2, -0.15) is 0 Å². The van der Waals surface area contributed by atoms with E-state index >= 15 is 0 Å². The van der Waals surface area contributed by atoms with Gasteiger partial charge in [-0.05, 0) is 91.3 Å². The molecule has 0 aliphatic heterocycles. The third kappa shape index (κ3) is 4.71. The smallest absolute Gasteiger partial charge is 0.308 e. The summed E-state index contributed by atoms with van der Waals surface area (Å²) in [5.74, 6) is 5.24. The molecule has 0 aromatic heterocycles. The van der Waals surface area contributed by atoms with E-state index in [2.05, 4.69) is 40.7 Å². The summed E-state index contributed by atoms with van der Waals surface area (Å²) >= 11 is 0. The first-order valence-electron chi connectivity index (χ1n) is 14.5. The topological polar surface area (TPSA) is 26.3 Å². The molecule has 3 fully saturated rings. The van der Waals surface area contributed by atoms with Crippen molar-refractivity contribution in [2.24, 2.45) is 52.3 Å². The number of carbonyl (C=O) groups excluding carboxylic acids is 1. The highest BCUT2D eigenvalue weighted by atomic mass is 16.5. The van der Waals surface area contributed by atoms with Crippen LogP contribution in [0.5, 0.6) is 0 Å². The molecule has 0 unspecified atom stereocenters. The maximum atomic E-state index is 12.2. The minimum absolute atomic E-state index is 0.0224. The Labute approximate surface area is 204 Å². The molecule has 0 saturated heterocycles. The van der Waals surface area contributed by atoms with Gasteiger partial charge in [0.05, 0.1) is 5.92 Å². The van der Waals surface area contributed by atoms with Crippen molar-refractivity contribution in [2.75, 3.05) is 0 Å². The molecule has 188 valence electrons. The predicted octanol–water partition coefficient (Wildman–Crippen LogP) is 8.60. The van der Waals surface area contributed by atoms with Gasteiger partial charge in [0.15, 0.2) is 0 Å². The first-order valence-corrected chi connectivity index (χ1v) is 14.5. The van der Waals surface area contributed by atoms with Gasteiger partial charge in [-0.15, -0.1) is 0 Å². The number of esters is 1. The van der Waals surface area contributed by atoms with Crippen LogP contribution in [0.25, 0.3) is 0 Å². The molecule has 4 aliphatic rings. The Morgan fingerprint density at radius 2 is 1.76 bits per heavy atom. The molecule has 2 heteroatoms. The van der Waals surface area contributed by atoms with E-state index in [0.29, 0.717) is 10.8 Å². The van der Waals surface area contributed by atoms with Gasteiger partial charge in [-0.1, -0.05) is 79.4 Å². The zero-order chi connectivity index (χ0) is 24.0. The van der Waals surface area contributed by atoms with Gasteiger partial charge in [0.2, 0.25) is 0 Å². The maximum Gasteiger partial charge on any atom is 0.308 e. The number of ether oxygens (including phenoxy) is 1. The summed E-state index contributed by atoms with van der Waals surface area (Å²) in [5.41, 5.74) is 2.52. The van der Waals surface area contributed by atoms with Crippen LogP contribution in [-0.2, 0) is 9.53 Å². The Bertz CT molecular complexity index is 735. The average molecular weight is 457 g/mol. The molecule has 0 aromatic carbocycles. The Balaban J connectivity index is 1.45. The van der Waals surface area contributed by atoms with Crippen LogP contribution < -0.4 is 0 Å². The highest BCUT2D eigenvalue weighted by molar-refractivity contribution is 5.71. The fourth-order valence-electron chi connectivity index (χ4n) is 9.05. The van der Waals surface area contributed by atoms with Crippen molar-refractivity contribution in [3.63, 3.8) is 0 Å². The number of hydrogen-bond acceptors (Lipinski definition) is 2. The first kappa shape index (κ1) is 25.3. The van der Waals surface area contributed by atoms with Gasteiger partial charge in [0, 0.05) is 6.42 Å². The molecule has 4 rings (SSSR count). The molecule has 33 heavy (non-hydrogen) atoms. The van der Waals surface area contributed by atoms with Crippen molar-refractivity contribution in [3.8, 4) is 0 Å². The van der Waals surface area contributed by atoms with E-state index in [1.165, 1.54) is 57.8 Å². The van der Waals surface area contributed by atoms with Crippen molar-refractivity contribution >= 4 is 5.97 Å². The summed E-state index contributed by atoms with van der Waals surface area (Å²) in [6.45, 7) is 16.5.